The number of hydrogen-bond acceptors (Lipinski definition) is 2. The maximum absolute atomic E-state index is 12.7. The van der Waals surface area contributed by atoms with E-state index < -0.39 is 0 Å². The van der Waals surface area contributed by atoms with Crippen LogP contribution in [-0.2, 0) is 0 Å². The maximum atomic E-state index is 12.7. The smallest absolute Gasteiger partial charge is 0.255 e. The topological polar surface area (TPSA) is 55.1 Å². The molecule has 92 valence electrons. The highest BCUT2D eigenvalue weighted by molar-refractivity contribution is 6.05. The third-order valence-corrected chi connectivity index (χ3v) is 2.56. The van der Waals surface area contributed by atoms with Gasteiger partial charge in [-0.3, -0.25) is 4.79 Å². The van der Waals surface area contributed by atoms with Crippen molar-refractivity contribution in [2.45, 2.75) is 6.92 Å². The molecule has 0 aliphatic carbocycles. The highest BCUT2D eigenvalue weighted by atomic mass is 19.1. The number of amides is 1. The maximum Gasteiger partial charge on any atom is 0.255 e. The van der Waals surface area contributed by atoms with Crippen molar-refractivity contribution in [1.29, 1.82) is 0 Å². The molecule has 0 atom stereocenters. The van der Waals surface area contributed by atoms with Gasteiger partial charge in [-0.15, -0.1) is 0 Å². The molecule has 0 unspecified atom stereocenters. The monoisotopic (exact) mass is 244 g/mol. The number of halogens is 1. The van der Waals surface area contributed by atoms with Crippen molar-refractivity contribution >= 4 is 17.3 Å². The number of anilines is 2. The lowest BCUT2D eigenvalue weighted by Crippen LogP contribution is -2.13. The van der Waals surface area contributed by atoms with Crippen LogP contribution in [0.1, 0.15) is 15.9 Å². The molecule has 2 aromatic carbocycles. The minimum Gasteiger partial charge on any atom is -0.397 e. The minimum absolute atomic E-state index is 0.314. The molecular formula is C14H13FN2O. The van der Waals surface area contributed by atoms with Gasteiger partial charge in [-0.25, -0.2) is 4.39 Å². The summed E-state index contributed by atoms with van der Waals surface area (Å²) in [6.07, 6.45) is 0. The number of carbonyl (C=O) groups is 1. The van der Waals surface area contributed by atoms with Gasteiger partial charge in [0.2, 0.25) is 0 Å². The summed E-state index contributed by atoms with van der Waals surface area (Å²) in [5, 5.41) is 2.69. The van der Waals surface area contributed by atoms with Gasteiger partial charge in [0.1, 0.15) is 5.82 Å². The first-order valence-electron chi connectivity index (χ1n) is 5.49. The van der Waals surface area contributed by atoms with Gasteiger partial charge in [0, 0.05) is 5.56 Å². The molecule has 0 radical (unpaired) electrons. The summed E-state index contributed by atoms with van der Waals surface area (Å²) in [7, 11) is 0. The van der Waals surface area contributed by atoms with E-state index in [1.165, 1.54) is 24.3 Å². The van der Waals surface area contributed by atoms with E-state index in [-0.39, 0.29) is 11.7 Å². The standard InChI is InChI=1S/C14H13FN2O/c1-9-2-7-13(12(16)8-9)17-14(18)10-3-5-11(15)6-4-10/h2-8H,16H2,1H3,(H,17,18). The molecule has 0 saturated heterocycles. The summed E-state index contributed by atoms with van der Waals surface area (Å²) in [4.78, 5) is 11.9. The van der Waals surface area contributed by atoms with Crippen molar-refractivity contribution in [3.8, 4) is 0 Å². The zero-order chi connectivity index (χ0) is 13.1. The van der Waals surface area contributed by atoms with Gasteiger partial charge in [0.05, 0.1) is 11.4 Å². The molecule has 1 amide bonds. The number of nitrogen functional groups attached to an aromatic ring is 1. The molecule has 0 heterocycles. The lowest BCUT2D eigenvalue weighted by Gasteiger charge is -2.08. The van der Waals surface area contributed by atoms with E-state index in [1.54, 1.807) is 12.1 Å². The van der Waals surface area contributed by atoms with E-state index in [4.69, 9.17) is 5.73 Å². The lowest BCUT2D eigenvalue weighted by molar-refractivity contribution is 0.102. The highest BCUT2D eigenvalue weighted by Crippen LogP contribution is 2.20. The largest absolute Gasteiger partial charge is 0.397 e. The Kier molecular flexibility index (Phi) is 3.28. The summed E-state index contributed by atoms with van der Waals surface area (Å²) in [5.41, 5.74) is 8.26. The molecule has 0 bridgehead atoms. The second-order valence-electron chi connectivity index (χ2n) is 4.05. The van der Waals surface area contributed by atoms with Crippen molar-refractivity contribution in [2.24, 2.45) is 0 Å². The van der Waals surface area contributed by atoms with Crippen LogP contribution >= 0.6 is 0 Å². The van der Waals surface area contributed by atoms with Crippen LogP contribution in [0.3, 0.4) is 0 Å². The zero-order valence-electron chi connectivity index (χ0n) is 9.91. The average molecular weight is 244 g/mol. The quantitative estimate of drug-likeness (QED) is 0.798. The van der Waals surface area contributed by atoms with Gasteiger partial charge < -0.3 is 11.1 Å². The fourth-order valence-electron chi connectivity index (χ4n) is 1.59. The number of nitrogens with one attached hydrogen (secondary N) is 1. The van der Waals surface area contributed by atoms with Gasteiger partial charge in [-0.05, 0) is 48.9 Å². The highest BCUT2D eigenvalue weighted by Gasteiger charge is 2.07. The molecule has 0 aromatic heterocycles. The van der Waals surface area contributed by atoms with Crippen LogP contribution in [0.25, 0.3) is 0 Å². The van der Waals surface area contributed by atoms with Crippen molar-refractivity contribution in [3.63, 3.8) is 0 Å². The van der Waals surface area contributed by atoms with Gasteiger partial charge in [-0.1, -0.05) is 6.07 Å². The molecule has 2 aromatic rings. The molecule has 0 aliphatic heterocycles. The number of hydrogen-bond donors (Lipinski definition) is 2. The molecular weight excluding hydrogens is 231 g/mol. The number of rotatable bonds is 2. The van der Waals surface area contributed by atoms with E-state index in [9.17, 15) is 9.18 Å². The Morgan fingerprint density at radius 3 is 2.44 bits per heavy atom. The first-order chi connectivity index (χ1) is 8.56. The second-order valence-corrected chi connectivity index (χ2v) is 4.05. The van der Waals surface area contributed by atoms with Crippen molar-refractivity contribution in [1.82, 2.24) is 0 Å². The van der Waals surface area contributed by atoms with Crippen LogP contribution < -0.4 is 11.1 Å². The molecule has 18 heavy (non-hydrogen) atoms. The Morgan fingerprint density at radius 1 is 1.17 bits per heavy atom. The van der Waals surface area contributed by atoms with Crippen LogP contribution in [0.5, 0.6) is 0 Å². The predicted molar refractivity (Wildman–Crippen MR) is 69.9 cm³/mol. The summed E-state index contributed by atoms with van der Waals surface area (Å²) in [6, 6.07) is 10.7. The van der Waals surface area contributed by atoms with Crippen LogP contribution in [-0.4, -0.2) is 5.91 Å². The Hall–Kier alpha value is -2.36. The van der Waals surface area contributed by atoms with E-state index >= 15 is 0 Å². The normalized spacial score (nSPS) is 10.1. The number of benzene rings is 2. The zero-order valence-corrected chi connectivity index (χ0v) is 9.91. The molecule has 0 saturated carbocycles. The van der Waals surface area contributed by atoms with Gasteiger partial charge in [0.25, 0.3) is 5.91 Å². The SMILES string of the molecule is Cc1ccc(NC(=O)c2ccc(F)cc2)c(N)c1. The van der Waals surface area contributed by atoms with Gasteiger partial charge >= 0.3 is 0 Å². The number of aryl methyl sites for hydroxylation is 1. The molecule has 3 N–H and O–H groups in total. The molecule has 4 heteroatoms. The predicted octanol–water partition coefficient (Wildman–Crippen LogP) is 2.97. The van der Waals surface area contributed by atoms with E-state index in [0.717, 1.165) is 5.56 Å². The summed E-state index contributed by atoms with van der Waals surface area (Å²) >= 11 is 0. The average Bonchev–Trinajstić information content (AvgIpc) is 2.33. The summed E-state index contributed by atoms with van der Waals surface area (Å²) in [6.45, 7) is 1.92. The fourth-order valence-corrected chi connectivity index (χ4v) is 1.59. The molecule has 3 nitrogen and oxygen atoms in total. The Morgan fingerprint density at radius 2 is 1.83 bits per heavy atom. The van der Waals surface area contributed by atoms with Crippen LogP contribution in [0, 0.1) is 12.7 Å². The first kappa shape index (κ1) is 12.1. The fraction of sp³-hybridized carbons (Fsp3) is 0.0714. The van der Waals surface area contributed by atoms with Gasteiger partial charge in [0.15, 0.2) is 0 Å². The number of nitrogens with two attached hydrogens (primary N) is 1. The third-order valence-electron chi connectivity index (χ3n) is 2.56. The molecule has 2 rings (SSSR count). The Bertz CT molecular complexity index is 579. The Balaban J connectivity index is 2.18. The Labute approximate surface area is 104 Å². The van der Waals surface area contributed by atoms with Crippen molar-refractivity contribution in [3.05, 3.63) is 59.4 Å². The second kappa shape index (κ2) is 4.87. The van der Waals surface area contributed by atoms with Gasteiger partial charge in [-0.2, -0.15) is 0 Å². The third kappa shape index (κ3) is 2.66. The van der Waals surface area contributed by atoms with Crippen molar-refractivity contribution in [2.75, 3.05) is 11.1 Å². The summed E-state index contributed by atoms with van der Waals surface area (Å²) in [5.74, 6) is -0.688. The lowest BCUT2D eigenvalue weighted by atomic mass is 10.1. The molecule has 0 aliphatic rings. The molecule has 0 fully saturated rings. The van der Waals surface area contributed by atoms with Crippen LogP contribution in [0.2, 0.25) is 0 Å². The van der Waals surface area contributed by atoms with Crippen molar-refractivity contribution < 1.29 is 9.18 Å². The number of carbonyl (C=O) groups excluding carboxylic acids is 1. The van der Waals surface area contributed by atoms with E-state index in [0.29, 0.717) is 16.9 Å². The van der Waals surface area contributed by atoms with E-state index in [1.807, 2.05) is 13.0 Å². The van der Waals surface area contributed by atoms with E-state index in [2.05, 4.69) is 5.32 Å². The first-order valence-corrected chi connectivity index (χ1v) is 5.49. The minimum atomic E-state index is -0.374. The van der Waals surface area contributed by atoms with Crippen LogP contribution in [0.15, 0.2) is 42.5 Å². The summed E-state index contributed by atoms with van der Waals surface area (Å²) < 4.78 is 12.7. The molecule has 0 spiro atoms. The van der Waals surface area contributed by atoms with Crippen LogP contribution in [0.4, 0.5) is 15.8 Å².